The number of likely N-dealkylation sites (tertiary alicyclic amines) is 1. The van der Waals surface area contributed by atoms with E-state index < -0.39 is 16.1 Å². The van der Waals surface area contributed by atoms with E-state index in [9.17, 15) is 18.0 Å². The van der Waals surface area contributed by atoms with Crippen molar-refractivity contribution in [3.05, 3.63) is 0 Å². The van der Waals surface area contributed by atoms with Crippen LogP contribution in [0.1, 0.15) is 32.6 Å². The zero-order valence-electron chi connectivity index (χ0n) is 13.2. The maximum atomic E-state index is 12.2. The van der Waals surface area contributed by atoms with E-state index in [1.54, 1.807) is 11.8 Å². The Bertz CT molecular complexity index is 520. The summed E-state index contributed by atoms with van der Waals surface area (Å²) >= 11 is 0. The maximum Gasteiger partial charge on any atom is 0.244 e. The van der Waals surface area contributed by atoms with Crippen molar-refractivity contribution in [2.45, 2.75) is 38.6 Å². The molecule has 126 valence electrons. The smallest absolute Gasteiger partial charge is 0.244 e. The third kappa shape index (κ3) is 4.19. The summed E-state index contributed by atoms with van der Waals surface area (Å²) in [7, 11) is -3.18. The van der Waals surface area contributed by atoms with Gasteiger partial charge in [-0.2, -0.15) is 0 Å². The van der Waals surface area contributed by atoms with Crippen molar-refractivity contribution in [2.75, 3.05) is 32.4 Å². The third-order valence-corrected chi connectivity index (χ3v) is 5.74. The van der Waals surface area contributed by atoms with E-state index in [0.717, 1.165) is 25.9 Å². The Morgan fingerprint density at radius 1 is 1.09 bits per heavy atom. The first-order valence-electron chi connectivity index (χ1n) is 7.83. The fourth-order valence-corrected chi connectivity index (χ4v) is 3.93. The normalized spacial score (nSPS) is 22.5. The average Bonchev–Trinajstić information content (AvgIpc) is 2.99. The van der Waals surface area contributed by atoms with E-state index >= 15 is 0 Å². The summed E-state index contributed by atoms with van der Waals surface area (Å²) in [6.45, 7) is 3.98. The molecule has 2 amide bonds. The lowest BCUT2D eigenvalue weighted by atomic mass is 9.97. The van der Waals surface area contributed by atoms with Gasteiger partial charge in [0.25, 0.3) is 0 Å². The number of carbonyl (C=O) groups excluding carboxylic acids is 2. The van der Waals surface area contributed by atoms with Crippen LogP contribution in [-0.2, 0) is 19.6 Å². The maximum absolute atomic E-state index is 12.2. The molecule has 8 heteroatoms. The van der Waals surface area contributed by atoms with Crippen molar-refractivity contribution >= 4 is 21.8 Å². The number of rotatable bonds is 4. The number of hydrogen-bond acceptors (Lipinski definition) is 4. The number of nitrogens with one attached hydrogen (secondary N) is 1. The predicted octanol–water partition coefficient (Wildman–Crippen LogP) is -0.215. The van der Waals surface area contributed by atoms with Crippen molar-refractivity contribution in [2.24, 2.45) is 5.92 Å². The molecule has 2 fully saturated rings. The molecule has 0 saturated carbocycles. The van der Waals surface area contributed by atoms with Crippen molar-refractivity contribution < 1.29 is 18.0 Å². The van der Waals surface area contributed by atoms with Gasteiger partial charge in [0.15, 0.2) is 0 Å². The van der Waals surface area contributed by atoms with Crippen LogP contribution >= 0.6 is 0 Å². The van der Waals surface area contributed by atoms with Crippen molar-refractivity contribution in [3.8, 4) is 0 Å². The molecule has 0 spiro atoms. The number of piperidine rings is 1. The summed E-state index contributed by atoms with van der Waals surface area (Å²) in [6, 6.07) is -0.515. The first kappa shape index (κ1) is 17.2. The predicted molar refractivity (Wildman–Crippen MR) is 82.6 cm³/mol. The highest BCUT2D eigenvalue weighted by Gasteiger charge is 2.31. The second kappa shape index (κ2) is 6.95. The minimum absolute atomic E-state index is 0.0283. The number of hydrogen-bond donors (Lipinski definition) is 1. The zero-order chi connectivity index (χ0) is 16.3. The second-order valence-electron chi connectivity index (χ2n) is 6.20. The van der Waals surface area contributed by atoms with Crippen LogP contribution in [0.5, 0.6) is 0 Å². The van der Waals surface area contributed by atoms with E-state index in [0.29, 0.717) is 25.9 Å². The molecule has 1 atom stereocenters. The first-order valence-corrected chi connectivity index (χ1v) is 9.68. The molecule has 2 aliphatic heterocycles. The largest absolute Gasteiger partial charge is 0.344 e. The molecular formula is C14H25N3O4S. The summed E-state index contributed by atoms with van der Waals surface area (Å²) < 4.78 is 24.3. The molecule has 2 heterocycles. The van der Waals surface area contributed by atoms with Gasteiger partial charge in [-0.25, -0.2) is 12.7 Å². The number of nitrogens with zero attached hydrogens (tertiary/aromatic N) is 2. The van der Waals surface area contributed by atoms with Crippen molar-refractivity contribution in [1.82, 2.24) is 14.5 Å². The fraction of sp³-hybridized carbons (Fsp3) is 0.857. The first-order chi connectivity index (χ1) is 10.3. The van der Waals surface area contributed by atoms with Gasteiger partial charge in [-0.15, -0.1) is 0 Å². The van der Waals surface area contributed by atoms with Gasteiger partial charge < -0.3 is 10.2 Å². The fourth-order valence-electron chi connectivity index (χ4n) is 3.05. The summed E-state index contributed by atoms with van der Waals surface area (Å²) in [5.41, 5.74) is 0. The van der Waals surface area contributed by atoms with Gasteiger partial charge in [-0.1, -0.05) is 0 Å². The number of sulfonamides is 1. The second-order valence-corrected chi connectivity index (χ2v) is 8.18. The van der Waals surface area contributed by atoms with Crippen LogP contribution in [0.2, 0.25) is 0 Å². The van der Waals surface area contributed by atoms with Crippen LogP contribution < -0.4 is 5.32 Å². The SMILES string of the molecule is C[C@@H](NC(=O)C1CCN(S(C)(=O)=O)CC1)C(=O)N1CCCC1. The standard InChI is InChI=1S/C14H25N3O4S/c1-11(14(19)16-7-3-4-8-16)15-13(18)12-5-9-17(10-6-12)22(2,20)21/h11-12H,3-10H2,1-2H3,(H,15,18)/t11-/m1/s1. The highest BCUT2D eigenvalue weighted by molar-refractivity contribution is 7.88. The van der Waals surface area contributed by atoms with Gasteiger partial charge in [-0.3, -0.25) is 9.59 Å². The van der Waals surface area contributed by atoms with E-state index in [1.807, 2.05) is 0 Å². The van der Waals surface area contributed by atoms with Crippen LogP contribution in [0.15, 0.2) is 0 Å². The molecule has 0 aromatic rings. The highest BCUT2D eigenvalue weighted by atomic mass is 32.2. The van der Waals surface area contributed by atoms with Crippen LogP contribution in [0, 0.1) is 5.92 Å². The number of carbonyl (C=O) groups is 2. The molecule has 0 aromatic heterocycles. The van der Waals surface area contributed by atoms with Crippen molar-refractivity contribution in [1.29, 1.82) is 0 Å². The quantitative estimate of drug-likeness (QED) is 0.772. The average molecular weight is 331 g/mol. The summed E-state index contributed by atoms with van der Waals surface area (Å²) in [5.74, 6) is -0.389. The summed E-state index contributed by atoms with van der Waals surface area (Å²) in [6.07, 6.45) is 4.24. The Morgan fingerprint density at radius 2 is 1.64 bits per heavy atom. The molecular weight excluding hydrogens is 306 g/mol. The molecule has 2 saturated heterocycles. The van der Waals surface area contributed by atoms with Crippen LogP contribution in [0.4, 0.5) is 0 Å². The van der Waals surface area contributed by atoms with Gasteiger partial charge in [0.1, 0.15) is 6.04 Å². The Kier molecular flexibility index (Phi) is 5.44. The Morgan fingerprint density at radius 3 is 2.14 bits per heavy atom. The van der Waals surface area contributed by atoms with Gasteiger partial charge >= 0.3 is 0 Å². The van der Waals surface area contributed by atoms with Crippen LogP contribution in [0.25, 0.3) is 0 Å². The Balaban J connectivity index is 1.81. The molecule has 1 N–H and O–H groups in total. The Hall–Kier alpha value is -1.15. The molecule has 0 unspecified atom stereocenters. The zero-order valence-corrected chi connectivity index (χ0v) is 14.1. The van der Waals surface area contributed by atoms with Crippen molar-refractivity contribution in [3.63, 3.8) is 0 Å². The van der Waals surface area contributed by atoms with Crippen LogP contribution in [-0.4, -0.2) is 67.9 Å². The summed E-state index contributed by atoms with van der Waals surface area (Å²) in [4.78, 5) is 26.2. The Labute approximate surface area is 132 Å². The minimum atomic E-state index is -3.18. The third-order valence-electron chi connectivity index (χ3n) is 4.44. The monoisotopic (exact) mass is 331 g/mol. The molecule has 2 rings (SSSR count). The lowest BCUT2D eigenvalue weighted by molar-refractivity contribution is -0.136. The molecule has 2 aliphatic rings. The summed E-state index contributed by atoms with van der Waals surface area (Å²) in [5, 5.41) is 2.78. The molecule has 7 nitrogen and oxygen atoms in total. The highest BCUT2D eigenvalue weighted by Crippen LogP contribution is 2.19. The van der Waals surface area contributed by atoms with Gasteiger partial charge in [-0.05, 0) is 32.6 Å². The molecule has 0 aliphatic carbocycles. The van der Waals surface area contributed by atoms with E-state index in [4.69, 9.17) is 0 Å². The van der Waals surface area contributed by atoms with E-state index in [1.165, 1.54) is 10.6 Å². The lowest BCUT2D eigenvalue weighted by Crippen LogP contribution is -2.49. The van der Waals surface area contributed by atoms with Crippen LogP contribution in [0.3, 0.4) is 0 Å². The van der Waals surface area contributed by atoms with Gasteiger partial charge in [0.05, 0.1) is 6.26 Å². The minimum Gasteiger partial charge on any atom is -0.344 e. The van der Waals surface area contributed by atoms with E-state index in [2.05, 4.69) is 5.32 Å². The molecule has 0 bridgehead atoms. The molecule has 0 aromatic carbocycles. The van der Waals surface area contributed by atoms with E-state index in [-0.39, 0.29) is 17.7 Å². The molecule has 0 radical (unpaired) electrons. The van der Waals surface area contributed by atoms with Gasteiger partial charge in [0, 0.05) is 32.1 Å². The molecule has 22 heavy (non-hydrogen) atoms. The number of amides is 2. The lowest BCUT2D eigenvalue weighted by Gasteiger charge is -2.30. The van der Waals surface area contributed by atoms with Gasteiger partial charge in [0.2, 0.25) is 21.8 Å². The topological polar surface area (TPSA) is 86.8 Å².